The van der Waals surface area contributed by atoms with Crippen LogP contribution in [0.5, 0.6) is 23.0 Å². The number of rotatable bonds is 11. The van der Waals surface area contributed by atoms with E-state index in [1.807, 2.05) is 0 Å². The maximum Gasteiger partial charge on any atom is 0.333 e. The summed E-state index contributed by atoms with van der Waals surface area (Å²) in [4.78, 5) is 36.4. The number of phenolic OH excluding ortho intramolecular Hbond substituents is 4. The highest BCUT2D eigenvalue weighted by atomic mass is 16.7. The smallest absolute Gasteiger partial charge is 0.333 e. The number of hydrogen-bond acceptors (Lipinski definition) is 14. The normalized spacial score (nSPS) is 21.9. The van der Waals surface area contributed by atoms with Crippen molar-refractivity contribution in [1.29, 1.82) is 0 Å². The van der Waals surface area contributed by atoms with Gasteiger partial charge in [0.15, 0.2) is 23.0 Å². The Hall–Kier alpha value is -4.89. The van der Waals surface area contributed by atoms with E-state index < -0.39 is 61.0 Å². The van der Waals surface area contributed by atoms with Gasteiger partial charge in [-0.15, -0.1) is 0 Å². The standard InChI is InChI=1S/C29H30O14/c1-15(10-11-40-23(34)8-4-16-2-6-18(30)20(32)12-16)28(39)41-14-22-25(36)26(37)27(38)29(42-22)43-24(35)9-5-17-3-7-19(31)21(33)13-17/h2-9,12-13,22,25-27,29-33,36-38H,1,10-11,14H2. The molecular formula is C29H30O14. The van der Waals surface area contributed by atoms with Crippen LogP contribution in [0.25, 0.3) is 12.2 Å². The molecule has 0 aromatic heterocycles. The molecule has 1 fully saturated rings. The topological polar surface area (TPSA) is 230 Å². The van der Waals surface area contributed by atoms with E-state index in [4.69, 9.17) is 18.9 Å². The van der Waals surface area contributed by atoms with E-state index >= 15 is 0 Å². The summed E-state index contributed by atoms with van der Waals surface area (Å²) in [6.45, 7) is 2.69. The molecule has 1 aliphatic heterocycles. The van der Waals surface area contributed by atoms with E-state index in [2.05, 4.69) is 6.58 Å². The first kappa shape index (κ1) is 32.6. The molecule has 2 aromatic rings. The number of benzene rings is 2. The fraction of sp³-hybridized carbons (Fsp3) is 0.276. The summed E-state index contributed by atoms with van der Waals surface area (Å²) < 4.78 is 20.4. The summed E-state index contributed by atoms with van der Waals surface area (Å²) in [5.74, 6) is -4.15. The molecule has 1 saturated heterocycles. The van der Waals surface area contributed by atoms with Crippen LogP contribution in [-0.2, 0) is 33.3 Å². The average molecular weight is 603 g/mol. The monoisotopic (exact) mass is 602 g/mol. The molecule has 14 heteroatoms. The van der Waals surface area contributed by atoms with Crippen LogP contribution < -0.4 is 0 Å². The first-order valence-electron chi connectivity index (χ1n) is 12.7. The van der Waals surface area contributed by atoms with Crippen LogP contribution in [0.4, 0.5) is 0 Å². The Morgan fingerprint density at radius 3 is 1.88 bits per heavy atom. The lowest BCUT2D eigenvalue weighted by atomic mass is 9.99. The van der Waals surface area contributed by atoms with Gasteiger partial charge in [0.05, 0.1) is 6.61 Å². The molecule has 14 nitrogen and oxygen atoms in total. The van der Waals surface area contributed by atoms with Crippen LogP contribution in [-0.4, -0.2) is 97.6 Å². The van der Waals surface area contributed by atoms with Crippen molar-refractivity contribution in [2.24, 2.45) is 0 Å². The first-order chi connectivity index (χ1) is 20.3. The summed E-state index contributed by atoms with van der Waals surface area (Å²) in [6.07, 6.45) is -4.06. The van der Waals surface area contributed by atoms with E-state index in [1.165, 1.54) is 48.6 Å². The van der Waals surface area contributed by atoms with E-state index in [-0.39, 0.29) is 35.8 Å². The summed E-state index contributed by atoms with van der Waals surface area (Å²) in [7, 11) is 0. The molecule has 1 heterocycles. The molecule has 0 amide bonds. The van der Waals surface area contributed by atoms with Gasteiger partial charge in [0, 0.05) is 24.1 Å². The molecule has 0 aliphatic carbocycles. The third-order valence-electron chi connectivity index (χ3n) is 6.04. The minimum Gasteiger partial charge on any atom is -0.504 e. The van der Waals surface area contributed by atoms with Crippen molar-refractivity contribution in [3.8, 4) is 23.0 Å². The van der Waals surface area contributed by atoms with Gasteiger partial charge in [0.2, 0.25) is 6.29 Å². The molecule has 43 heavy (non-hydrogen) atoms. The Bertz CT molecular complexity index is 1400. The van der Waals surface area contributed by atoms with E-state index in [1.54, 1.807) is 0 Å². The molecule has 230 valence electrons. The second-order valence-electron chi connectivity index (χ2n) is 9.23. The Balaban J connectivity index is 1.45. The predicted molar refractivity (Wildman–Crippen MR) is 146 cm³/mol. The average Bonchev–Trinajstić information content (AvgIpc) is 2.97. The molecule has 0 radical (unpaired) electrons. The fourth-order valence-corrected chi connectivity index (χ4v) is 3.61. The van der Waals surface area contributed by atoms with E-state index in [0.29, 0.717) is 11.1 Å². The van der Waals surface area contributed by atoms with Crippen molar-refractivity contribution in [2.45, 2.75) is 37.1 Å². The fourth-order valence-electron chi connectivity index (χ4n) is 3.61. The van der Waals surface area contributed by atoms with Crippen molar-refractivity contribution < 1.29 is 69.1 Å². The maximum absolute atomic E-state index is 12.3. The Labute approximate surface area is 244 Å². The molecule has 0 spiro atoms. The number of phenols is 4. The molecule has 3 rings (SSSR count). The lowest BCUT2D eigenvalue weighted by Crippen LogP contribution is -2.59. The van der Waals surface area contributed by atoms with Crippen LogP contribution in [0.15, 0.2) is 60.7 Å². The third kappa shape index (κ3) is 9.31. The second-order valence-corrected chi connectivity index (χ2v) is 9.23. The highest BCUT2D eigenvalue weighted by Crippen LogP contribution is 2.27. The third-order valence-corrected chi connectivity index (χ3v) is 6.04. The molecule has 5 unspecified atom stereocenters. The minimum atomic E-state index is -1.84. The zero-order valence-corrected chi connectivity index (χ0v) is 22.5. The van der Waals surface area contributed by atoms with Crippen molar-refractivity contribution >= 4 is 30.1 Å². The second kappa shape index (κ2) is 14.8. The van der Waals surface area contributed by atoms with Crippen LogP contribution in [0.2, 0.25) is 0 Å². The lowest BCUT2D eigenvalue weighted by Gasteiger charge is -2.39. The van der Waals surface area contributed by atoms with Gasteiger partial charge in [-0.05, 0) is 47.5 Å². The molecule has 5 atom stereocenters. The predicted octanol–water partition coefficient (Wildman–Crippen LogP) is 0.619. The highest BCUT2D eigenvalue weighted by Gasteiger charge is 2.46. The van der Waals surface area contributed by atoms with Crippen LogP contribution in [0.1, 0.15) is 17.5 Å². The quantitative estimate of drug-likeness (QED) is 0.0809. The summed E-state index contributed by atoms with van der Waals surface area (Å²) in [5, 5.41) is 68.2. The Kier molecular flexibility index (Phi) is 11.3. The number of aliphatic hydroxyl groups excluding tert-OH is 3. The van der Waals surface area contributed by atoms with Crippen LogP contribution in [0.3, 0.4) is 0 Å². The Morgan fingerprint density at radius 1 is 0.767 bits per heavy atom. The van der Waals surface area contributed by atoms with Gasteiger partial charge in [0.1, 0.15) is 31.0 Å². The number of carbonyl (C=O) groups is 3. The molecule has 0 bridgehead atoms. The number of hydrogen-bond donors (Lipinski definition) is 7. The number of ether oxygens (including phenoxy) is 4. The van der Waals surface area contributed by atoms with Gasteiger partial charge < -0.3 is 54.7 Å². The lowest BCUT2D eigenvalue weighted by molar-refractivity contribution is -0.291. The van der Waals surface area contributed by atoms with Gasteiger partial charge in [0.25, 0.3) is 0 Å². The molecule has 7 N–H and O–H groups in total. The summed E-state index contributed by atoms with van der Waals surface area (Å²) >= 11 is 0. The van der Waals surface area contributed by atoms with Gasteiger partial charge in [-0.25, -0.2) is 14.4 Å². The number of esters is 3. The van der Waals surface area contributed by atoms with Crippen LogP contribution >= 0.6 is 0 Å². The van der Waals surface area contributed by atoms with Crippen molar-refractivity contribution in [1.82, 2.24) is 0 Å². The molecule has 2 aromatic carbocycles. The minimum absolute atomic E-state index is 0.0977. The van der Waals surface area contributed by atoms with E-state index in [0.717, 1.165) is 12.2 Å². The molecule has 1 aliphatic rings. The number of aliphatic hydroxyl groups is 3. The van der Waals surface area contributed by atoms with Crippen molar-refractivity contribution in [3.05, 3.63) is 71.8 Å². The first-order valence-corrected chi connectivity index (χ1v) is 12.7. The molecule has 0 saturated carbocycles. The van der Waals surface area contributed by atoms with Gasteiger partial charge >= 0.3 is 17.9 Å². The summed E-state index contributed by atoms with van der Waals surface area (Å²) in [5.41, 5.74) is 0.660. The Morgan fingerprint density at radius 2 is 1.33 bits per heavy atom. The van der Waals surface area contributed by atoms with Gasteiger partial charge in [-0.2, -0.15) is 0 Å². The van der Waals surface area contributed by atoms with Gasteiger partial charge in [-0.1, -0.05) is 18.7 Å². The van der Waals surface area contributed by atoms with E-state index in [9.17, 15) is 50.1 Å². The largest absolute Gasteiger partial charge is 0.504 e. The number of carbonyl (C=O) groups excluding carboxylic acids is 3. The van der Waals surface area contributed by atoms with Crippen molar-refractivity contribution in [2.75, 3.05) is 13.2 Å². The maximum atomic E-state index is 12.3. The zero-order valence-electron chi connectivity index (χ0n) is 22.5. The molecular weight excluding hydrogens is 572 g/mol. The van der Waals surface area contributed by atoms with Gasteiger partial charge in [-0.3, -0.25) is 0 Å². The SMILES string of the molecule is C=C(CCOC(=O)C=Cc1ccc(O)c(O)c1)C(=O)OCC1OC(OC(=O)C=Cc2ccc(O)c(O)c2)C(O)C(O)C1O. The highest BCUT2D eigenvalue weighted by molar-refractivity contribution is 5.89. The zero-order chi connectivity index (χ0) is 31.7. The summed E-state index contributed by atoms with van der Waals surface area (Å²) in [6, 6.07) is 7.72. The van der Waals surface area contributed by atoms with Crippen molar-refractivity contribution in [3.63, 3.8) is 0 Å². The van der Waals surface area contributed by atoms with Crippen LogP contribution in [0, 0.1) is 0 Å². The number of aromatic hydroxyl groups is 4.